The number of rotatable bonds is 5. The number of benzene rings is 1. The van der Waals surface area contributed by atoms with Gasteiger partial charge in [0, 0.05) is 18.8 Å². The van der Waals surface area contributed by atoms with Crippen molar-refractivity contribution in [1.29, 1.82) is 0 Å². The van der Waals surface area contributed by atoms with Gasteiger partial charge in [0.1, 0.15) is 0 Å². The van der Waals surface area contributed by atoms with Crippen LogP contribution in [0.25, 0.3) is 0 Å². The number of nitrogens with one attached hydrogen (secondary N) is 2. The Hall–Kier alpha value is -1.99. The van der Waals surface area contributed by atoms with Gasteiger partial charge in [-0.2, -0.15) is 13.2 Å². The molecular weight excluding hydrogens is 426 g/mol. The quantitative estimate of drug-likeness (QED) is 0.610. The summed E-state index contributed by atoms with van der Waals surface area (Å²) in [5.41, 5.74) is -0.191. The van der Waals surface area contributed by atoms with Crippen LogP contribution in [0.15, 0.2) is 36.7 Å². The van der Waals surface area contributed by atoms with Crippen molar-refractivity contribution in [3.05, 3.63) is 57.8 Å². The topological polar surface area (TPSA) is 54.0 Å². The molecule has 0 radical (unpaired) electrons. The van der Waals surface area contributed by atoms with Crippen LogP contribution in [0, 0.1) is 5.92 Å². The Bertz CT molecular complexity index is 868. The highest BCUT2D eigenvalue weighted by Crippen LogP contribution is 2.32. The predicted molar refractivity (Wildman–Crippen MR) is 107 cm³/mol. The summed E-state index contributed by atoms with van der Waals surface area (Å²) in [6, 6.07) is 4.49. The Morgan fingerprint density at radius 3 is 2.48 bits per heavy atom. The molecule has 156 valence electrons. The van der Waals surface area contributed by atoms with Crippen LogP contribution < -0.4 is 10.6 Å². The van der Waals surface area contributed by atoms with E-state index in [1.54, 1.807) is 18.5 Å². The number of aromatic nitrogens is 1. The molecule has 1 aliphatic carbocycles. The number of hydrogen-bond donors (Lipinski definition) is 2. The van der Waals surface area contributed by atoms with Crippen LogP contribution >= 0.6 is 23.2 Å². The molecule has 0 spiro atoms. The van der Waals surface area contributed by atoms with E-state index >= 15 is 0 Å². The van der Waals surface area contributed by atoms with Crippen LogP contribution in [0.5, 0.6) is 0 Å². The maximum Gasteiger partial charge on any atom is 0.416 e. The summed E-state index contributed by atoms with van der Waals surface area (Å²) in [7, 11) is 0. The lowest BCUT2D eigenvalue weighted by Gasteiger charge is -2.29. The first kappa shape index (κ1) is 21.7. The lowest BCUT2D eigenvalue weighted by Crippen LogP contribution is -2.38. The second-order valence-electron chi connectivity index (χ2n) is 7.16. The Labute approximate surface area is 176 Å². The standard InChI is InChI=1S/C20H20Cl2F3N3O/c21-14-8-16(11-26-10-14)27-9-12-1-4-15(5-2-12)28-19(29)17-7-13(20(23,24)25)3-6-18(17)22/h3,6-8,10-12,15,27H,1-2,4-5,9H2,(H,28,29). The highest BCUT2D eigenvalue weighted by atomic mass is 35.5. The predicted octanol–water partition coefficient (Wildman–Crippen LogP) is 5.81. The molecule has 1 saturated carbocycles. The van der Waals surface area contributed by atoms with Crippen molar-refractivity contribution in [3.8, 4) is 0 Å². The van der Waals surface area contributed by atoms with Gasteiger partial charge in [0.05, 0.1) is 33.1 Å². The zero-order chi connectivity index (χ0) is 21.0. The Morgan fingerprint density at radius 1 is 1.10 bits per heavy atom. The van der Waals surface area contributed by atoms with E-state index in [0.717, 1.165) is 56.1 Å². The van der Waals surface area contributed by atoms with E-state index in [9.17, 15) is 18.0 Å². The average molecular weight is 446 g/mol. The minimum Gasteiger partial charge on any atom is -0.383 e. The largest absolute Gasteiger partial charge is 0.416 e. The van der Waals surface area contributed by atoms with Crippen molar-refractivity contribution in [2.75, 3.05) is 11.9 Å². The molecule has 29 heavy (non-hydrogen) atoms. The van der Waals surface area contributed by atoms with Gasteiger partial charge in [-0.1, -0.05) is 23.2 Å². The van der Waals surface area contributed by atoms with Gasteiger partial charge < -0.3 is 10.6 Å². The number of amides is 1. The molecule has 9 heteroatoms. The zero-order valence-electron chi connectivity index (χ0n) is 15.4. The number of nitrogens with zero attached hydrogens (tertiary/aromatic N) is 1. The minimum atomic E-state index is -4.52. The Morgan fingerprint density at radius 2 is 1.83 bits per heavy atom. The molecule has 2 aromatic rings. The second-order valence-corrected chi connectivity index (χ2v) is 8.00. The lowest BCUT2D eigenvalue weighted by atomic mass is 9.86. The van der Waals surface area contributed by atoms with E-state index in [1.165, 1.54) is 0 Å². The summed E-state index contributed by atoms with van der Waals surface area (Å²) in [6.45, 7) is 0.766. The zero-order valence-corrected chi connectivity index (χ0v) is 16.9. The van der Waals surface area contributed by atoms with E-state index < -0.39 is 17.6 Å². The van der Waals surface area contributed by atoms with Crippen LogP contribution in [0.1, 0.15) is 41.6 Å². The summed E-state index contributed by atoms with van der Waals surface area (Å²) in [4.78, 5) is 16.5. The summed E-state index contributed by atoms with van der Waals surface area (Å²) in [6.07, 6.45) is 2.03. The van der Waals surface area contributed by atoms with Crippen molar-refractivity contribution < 1.29 is 18.0 Å². The first-order valence-corrected chi connectivity index (χ1v) is 10.00. The molecule has 0 saturated heterocycles. The third-order valence-corrected chi connectivity index (χ3v) is 5.56. The first-order valence-electron chi connectivity index (χ1n) is 9.24. The maximum absolute atomic E-state index is 12.9. The number of alkyl halides is 3. The second kappa shape index (κ2) is 9.22. The molecule has 4 nitrogen and oxygen atoms in total. The van der Waals surface area contributed by atoms with Crippen molar-refractivity contribution in [1.82, 2.24) is 10.3 Å². The minimum absolute atomic E-state index is 0.00326. The fourth-order valence-corrected chi connectivity index (χ4v) is 3.80. The van der Waals surface area contributed by atoms with Crippen molar-refractivity contribution in [2.24, 2.45) is 5.92 Å². The molecule has 1 fully saturated rings. The van der Waals surface area contributed by atoms with Gasteiger partial charge in [0.25, 0.3) is 5.91 Å². The number of anilines is 1. The molecule has 0 unspecified atom stereocenters. The number of hydrogen-bond acceptors (Lipinski definition) is 3. The van der Waals surface area contributed by atoms with Crippen molar-refractivity contribution >= 4 is 34.8 Å². The van der Waals surface area contributed by atoms with Gasteiger partial charge >= 0.3 is 6.18 Å². The average Bonchev–Trinajstić information content (AvgIpc) is 2.67. The molecule has 1 amide bonds. The number of pyridine rings is 1. The van der Waals surface area contributed by atoms with Crippen LogP contribution in [0.4, 0.5) is 18.9 Å². The Balaban J connectivity index is 1.51. The van der Waals surface area contributed by atoms with Gasteiger partial charge in [-0.3, -0.25) is 9.78 Å². The van der Waals surface area contributed by atoms with Crippen LogP contribution in [0.3, 0.4) is 0 Å². The highest BCUT2D eigenvalue weighted by molar-refractivity contribution is 6.33. The summed E-state index contributed by atoms with van der Waals surface area (Å²) < 4.78 is 38.7. The third-order valence-electron chi connectivity index (χ3n) is 5.02. The molecule has 1 aliphatic rings. The molecular formula is C20H20Cl2F3N3O. The number of halogens is 5. The van der Waals surface area contributed by atoms with E-state index in [0.29, 0.717) is 10.9 Å². The van der Waals surface area contributed by atoms with Crippen molar-refractivity contribution in [2.45, 2.75) is 37.9 Å². The molecule has 1 aromatic heterocycles. The highest BCUT2D eigenvalue weighted by Gasteiger charge is 2.32. The first-order chi connectivity index (χ1) is 13.7. The molecule has 0 aliphatic heterocycles. The van der Waals surface area contributed by atoms with E-state index in [4.69, 9.17) is 23.2 Å². The summed E-state index contributed by atoms with van der Waals surface area (Å²) in [5, 5.41) is 6.69. The van der Waals surface area contributed by atoms with Crippen molar-refractivity contribution in [3.63, 3.8) is 0 Å². The molecule has 0 atom stereocenters. The molecule has 3 rings (SSSR count). The molecule has 2 N–H and O–H groups in total. The summed E-state index contributed by atoms with van der Waals surface area (Å²) >= 11 is 11.9. The smallest absolute Gasteiger partial charge is 0.383 e. The van der Waals surface area contributed by atoms with Crippen LogP contribution in [-0.4, -0.2) is 23.5 Å². The maximum atomic E-state index is 12.9. The van der Waals surface area contributed by atoms with E-state index in [2.05, 4.69) is 15.6 Å². The Kier molecular flexibility index (Phi) is 6.90. The SMILES string of the molecule is O=C(NC1CCC(CNc2cncc(Cl)c2)CC1)c1cc(C(F)(F)F)ccc1Cl. The van der Waals surface area contributed by atoms with Crippen LogP contribution in [-0.2, 0) is 6.18 Å². The number of carbonyl (C=O) groups is 1. The van der Waals surface area contributed by atoms with Gasteiger partial charge in [0.2, 0.25) is 0 Å². The lowest BCUT2D eigenvalue weighted by molar-refractivity contribution is -0.137. The van der Waals surface area contributed by atoms with Gasteiger partial charge in [-0.05, 0) is 55.9 Å². The van der Waals surface area contributed by atoms with Gasteiger partial charge in [-0.25, -0.2) is 0 Å². The third kappa shape index (κ3) is 6.00. The number of carbonyl (C=O) groups excluding carboxylic acids is 1. The molecule has 1 heterocycles. The molecule has 0 bridgehead atoms. The monoisotopic (exact) mass is 445 g/mol. The van der Waals surface area contributed by atoms with Crippen LogP contribution in [0.2, 0.25) is 10.0 Å². The fourth-order valence-electron chi connectivity index (χ4n) is 3.42. The fraction of sp³-hybridized carbons (Fsp3) is 0.400. The normalized spacial score (nSPS) is 19.6. The summed E-state index contributed by atoms with van der Waals surface area (Å²) in [5.74, 6) is -0.146. The van der Waals surface area contributed by atoms with Gasteiger partial charge in [0.15, 0.2) is 0 Å². The van der Waals surface area contributed by atoms with E-state index in [1.807, 2.05) is 0 Å². The molecule has 1 aromatic carbocycles. The van der Waals surface area contributed by atoms with Gasteiger partial charge in [-0.15, -0.1) is 0 Å². The van der Waals surface area contributed by atoms with E-state index in [-0.39, 0.29) is 16.6 Å².